The van der Waals surface area contributed by atoms with Crippen molar-refractivity contribution in [3.63, 3.8) is 0 Å². The Labute approximate surface area is 190 Å². The fourth-order valence-corrected chi connectivity index (χ4v) is 4.00. The van der Waals surface area contributed by atoms with E-state index >= 15 is 0 Å². The zero-order valence-corrected chi connectivity index (χ0v) is 17.9. The van der Waals surface area contributed by atoms with Gasteiger partial charge in [0, 0.05) is 28.8 Å². The highest BCUT2D eigenvalue weighted by molar-refractivity contribution is 6.33. The number of aromatic amines is 1. The Bertz CT molecular complexity index is 1220. The topological polar surface area (TPSA) is 90.4 Å². The third-order valence-electron chi connectivity index (χ3n) is 5.28. The van der Waals surface area contributed by atoms with Gasteiger partial charge < -0.3 is 15.2 Å². The molecule has 0 fully saturated rings. The van der Waals surface area contributed by atoms with Crippen molar-refractivity contribution in [1.29, 1.82) is 0 Å². The Kier molecular flexibility index (Phi) is 6.42. The second-order valence-electron chi connectivity index (χ2n) is 7.16. The van der Waals surface area contributed by atoms with Gasteiger partial charge in [0.25, 0.3) is 0 Å². The molecular weight excluding hydrogens is 470 g/mol. The van der Waals surface area contributed by atoms with Crippen molar-refractivity contribution in [2.45, 2.75) is 24.6 Å². The van der Waals surface area contributed by atoms with Gasteiger partial charge in [0.2, 0.25) is 5.56 Å². The summed E-state index contributed by atoms with van der Waals surface area (Å²) in [6, 6.07) is 10.3. The van der Waals surface area contributed by atoms with Gasteiger partial charge in [0.05, 0.1) is 10.6 Å². The number of carboxylic acid groups (broad SMARTS) is 1. The monoisotopic (exact) mass is 485 g/mol. The summed E-state index contributed by atoms with van der Waals surface area (Å²) in [4.78, 5) is 24.7. The number of H-pyrrole nitrogens is 1. The van der Waals surface area contributed by atoms with Crippen LogP contribution in [-0.4, -0.2) is 27.3 Å². The molecule has 3 rings (SSSR count). The Morgan fingerprint density at radius 1 is 1.00 bits per heavy atom. The summed E-state index contributed by atoms with van der Waals surface area (Å²) < 4.78 is 42.0. The number of aromatic carboxylic acids is 1. The van der Waals surface area contributed by atoms with Crippen LogP contribution >= 0.6 is 23.2 Å². The van der Waals surface area contributed by atoms with Crippen molar-refractivity contribution in [2.24, 2.45) is 0 Å². The molecule has 0 radical (unpaired) electrons. The van der Waals surface area contributed by atoms with Gasteiger partial charge in [-0.2, -0.15) is 13.2 Å². The Hall–Kier alpha value is -2.81. The Morgan fingerprint density at radius 2 is 1.62 bits per heavy atom. The molecule has 0 spiro atoms. The fraction of sp³-hybridized carbons (Fsp3) is 0.182. The van der Waals surface area contributed by atoms with E-state index in [9.17, 15) is 33.0 Å². The number of pyridine rings is 1. The summed E-state index contributed by atoms with van der Waals surface area (Å²) in [5, 5.41) is 20.0. The SMILES string of the molecule is CC(c1ccc(-c2ccc(Cl)c(C(=O)O)c2)cc1Cl)C(O)(c1ccc(=O)[nH]c1)C(F)(F)F. The van der Waals surface area contributed by atoms with E-state index in [4.69, 9.17) is 23.2 Å². The highest BCUT2D eigenvalue weighted by atomic mass is 35.5. The molecule has 2 atom stereocenters. The first-order chi connectivity index (χ1) is 14.9. The van der Waals surface area contributed by atoms with Gasteiger partial charge in [0.1, 0.15) is 0 Å². The number of carbonyl (C=O) groups is 1. The third-order valence-corrected chi connectivity index (χ3v) is 5.94. The Balaban J connectivity index is 2.08. The molecule has 32 heavy (non-hydrogen) atoms. The van der Waals surface area contributed by atoms with E-state index in [-0.39, 0.29) is 21.2 Å². The van der Waals surface area contributed by atoms with Crippen molar-refractivity contribution < 1.29 is 28.2 Å². The number of halogens is 5. The molecule has 3 aromatic rings. The lowest BCUT2D eigenvalue weighted by Crippen LogP contribution is -2.46. The zero-order valence-electron chi connectivity index (χ0n) is 16.4. The quantitative estimate of drug-likeness (QED) is 0.438. The number of nitrogens with one attached hydrogen (secondary N) is 1. The zero-order chi connectivity index (χ0) is 23.8. The minimum absolute atomic E-state index is 0.00821. The highest BCUT2D eigenvalue weighted by Crippen LogP contribution is 2.49. The van der Waals surface area contributed by atoms with Gasteiger partial charge in [-0.15, -0.1) is 0 Å². The van der Waals surface area contributed by atoms with Gasteiger partial charge in [-0.1, -0.05) is 48.3 Å². The molecule has 2 aromatic carbocycles. The van der Waals surface area contributed by atoms with Gasteiger partial charge >= 0.3 is 12.1 Å². The van der Waals surface area contributed by atoms with Crippen molar-refractivity contribution in [3.05, 3.63) is 91.8 Å². The average molecular weight is 486 g/mol. The average Bonchev–Trinajstić information content (AvgIpc) is 2.72. The van der Waals surface area contributed by atoms with E-state index in [0.29, 0.717) is 11.1 Å². The van der Waals surface area contributed by atoms with Crippen LogP contribution in [0.5, 0.6) is 0 Å². The summed E-state index contributed by atoms with van der Waals surface area (Å²) >= 11 is 12.2. The van der Waals surface area contributed by atoms with Crippen LogP contribution in [0.15, 0.2) is 59.5 Å². The number of hydrogen-bond donors (Lipinski definition) is 3. The van der Waals surface area contributed by atoms with Crippen molar-refractivity contribution in [1.82, 2.24) is 4.98 Å². The lowest BCUT2D eigenvalue weighted by atomic mass is 9.78. The summed E-state index contributed by atoms with van der Waals surface area (Å²) in [5.74, 6) is -2.78. The molecule has 0 aliphatic heterocycles. The normalized spacial score (nSPS) is 14.6. The molecular formula is C22H16Cl2F3NO4. The van der Waals surface area contributed by atoms with Gasteiger partial charge in [0.15, 0.2) is 5.60 Å². The molecule has 0 bridgehead atoms. The fourth-order valence-electron chi connectivity index (χ4n) is 3.46. The molecule has 5 nitrogen and oxygen atoms in total. The number of benzene rings is 2. The number of alkyl halides is 3. The molecule has 1 aromatic heterocycles. The standard InChI is InChI=1S/C22H16Cl2F3NO4/c1-11(21(32,22(25,26)27)14-4-7-19(29)28-10-14)15-5-2-13(9-18(15)24)12-3-6-17(23)16(8-12)20(30)31/h2-11,32H,1H3,(H,28,29)(H,30,31). The first-order valence-electron chi connectivity index (χ1n) is 9.17. The van der Waals surface area contributed by atoms with Crippen LogP contribution in [0.25, 0.3) is 11.1 Å². The maximum Gasteiger partial charge on any atom is 0.422 e. The van der Waals surface area contributed by atoms with Crippen molar-refractivity contribution >= 4 is 29.2 Å². The molecule has 0 aliphatic rings. The smallest absolute Gasteiger partial charge is 0.422 e. The van der Waals surface area contributed by atoms with E-state index in [0.717, 1.165) is 18.3 Å². The first kappa shape index (κ1) is 23.8. The van der Waals surface area contributed by atoms with Crippen molar-refractivity contribution in [2.75, 3.05) is 0 Å². The number of carboxylic acids is 1. The van der Waals surface area contributed by atoms with E-state index in [1.54, 1.807) is 6.07 Å². The summed E-state index contributed by atoms with van der Waals surface area (Å²) in [6.07, 6.45) is -4.27. The predicted molar refractivity (Wildman–Crippen MR) is 114 cm³/mol. The van der Waals surface area contributed by atoms with Crippen molar-refractivity contribution in [3.8, 4) is 11.1 Å². The molecule has 0 saturated carbocycles. The number of rotatable bonds is 5. The highest BCUT2D eigenvalue weighted by Gasteiger charge is 2.59. The second kappa shape index (κ2) is 8.61. The van der Waals surface area contributed by atoms with Crippen LogP contribution in [0.2, 0.25) is 10.0 Å². The van der Waals surface area contributed by atoms with Crippen LogP contribution in [0.3, 0.4) is 0 Å². The number of aromatic nitrogens is 1. The van der Waals surface area contributed by atoms with Gasteiger partial charge in [-0.3, -0.25) is 4.79 Å². The molecule has 0 saturated heterocycles. The maximum atomic E-state index is 14.0. The lowest BCUT2D eigenvalue weighted by Gasteiger charge is -2.36. The summed E-state index contributed by atoms with van der Waals surface area (Å²) in [5.41, 5.74) is -3.72. The minimum Gasteiger partial charge on any atom is -0.478 e. The number of hydrogen-bond acceptors (Lipinski definition) is 3. The largest absolute Gasteiger partial charge is 0.478 e. The molecule has 10 heteroatoms. The molecule has 0 amide bonds. The summed E-state index contributed by atoms with van der Waals surface area (Å²) in [6.45, 7) is 1.17. The molecule has 2 unspecified atom stereocenters. The van der Waals surface area contributed by atoms with Crippen LogP contribution in [-0.2, 0) is 5.60 Å². The number of aliphatic hydroxyl groups is 1. The minimum atomic E-state index is -5.08. The van der Waals surface area contributed by atoms with Gasteiger partial charge in [-0.05, 0) is 41.0 Å². The first-order valence-corrected chi connectivity index (χ1v) is 9.93. The van der Waals surface area contributed by atoms with E-state index in [1.165, 1.54) is 37.3 Å². The van der Waals surface area contributed by atoms with Crippen LogP contribution in [0.4, 0.5) is 13.2 Å². The van der Waals surface area contributed by atoms with Crippen LogP contribution in [0, 0.1) is 0 Å². The second-order valence-corrected chi connectivity index (χ2v) is 7.98. The van der Waals surface area contributed by atoms with Gasteiger partial charge in [-0.25, -0.2) is 4.79 Å². The van der Waals surface area contributed by atoms with E-state index in [2.05, 4.69) is 4.98 Å². The predicted octanol–water partition coefficient (Wildman–Crippen LogP) is 5.60. The molecule has 1 heterocycles. The van der Waals surface area contributed by atoms with E-state index < -0.39 is 34.8 Å². The molecule has 0 aliphatic carbocycles. The lowest BCUT2D eigenvalue weighted by molar-refractivity contribution is -0.274. The van der Waals surface area contributed by atoms with Crippen LogP contribution in [0.1, 0.15) is 34.3 Å². The molecule has 3 N–H and O–H groups in total. The third kappa shape index (κ3) is 4.26. The summed E-state index contributed by atoms with van der Waals surface area (Å²) in [7, 11) is 0. The molecule has 168 valence electrons. The Morgan fingerprint density at radius 3 is 2.16 bits per heavy atom. The maximum absolute atomic E-state index is 14.0. The van der Waals surface area contributed by atoms with Crippen LogP contribution < -0.4 is 5.56 Å². The van der Waals surface area contributed by atoms with E-state index in [1.807, 2.05) is 0 Å².